The molecule has 13 nitrogen and oxygen atoms in total. The lowest BCUT2D eigenvalue weighted by Crippen LogP contribution is -2.35. The summed E-state index contributed by atoms with van der Waals surface area (Å²) in [5.74, 6) is -1.04. The summed E-state index contributed by atoms with van der Waals surface area (Å²) in [5, 5.41) is 16.7. The molecule has 0 radical (unpaired) electrons. The Kier molecular flexibility index (Phi) is 9.37. The second-order valence-corrected chi connectivity index (χ2v) is 11.0. The summed E-state index contributed by atoms with van der Waals surface area (Å²) in [4.78, 5) is 23.8. The van der Waals surface area contributed by atoms with Crippen molar-refractivity contribution < 1.29 is 27.8 Å². The number of hydrogen-bond acceptors (Lipinski definition) is 9. The van der Waals surface area contributed by atoms with E-state index < -0.39 is 27.2 Å². The number of anilines is 1. The monoisotopic (exact) mass is 569 g/mol. The van der Waals surface area contributed by atoms with Gasteiger partial charge >= 0.3 is 5.97 Å². The van der Waals surface area contributed by atoms with Gasteiger partial charge in [-0.05, 0) is 45.7 Å². The van der Waals surface area contributed by atoms with Crippen LogP contribution in [0.25, 0.3) is 17.1 Å². The molecule has 2 atom stereocenters. The summed E-state index contributed by atoms with van der Waals surface area (Å²) < 4.78 is 42.2. The van der Waals surface area contributed by atoms with Crippen molar-refractivity contribution >= 4 is 34.5 Å². The number of aromatic carboxylic acids is 1. The van der Waals surface area contributed by atoms with E-state index in [1.54, 1.807) is 31.3 Å². The molecule has 0 aliphatic rings. The van der Waals surface area contributed by atoms with Gasteiger partial charge in [0.2, 0.25) is 16.0 Å². The van der Waals surface area contributed by atoms with Gasteiger partial charge in [-0.25, -0.2) is 23.2 Å². The maximum Gasteiger partial charge on any atom is 0.337 e. The van der Waals surface area contributed by atoms with Crippen molar-refractivity contribution in [3.8, 4) is 28.6 Å². The van der Waals surface area contributed by atoms with Gasteiger partial charge in [-0.2, -0.15) is 0 Å². The van der Waals surface area contributed by atoms with Crippen molar-refractivity contribution in [2.75, 3.05) is 18.9 Å². The highest BCUT2D eigenvalue weighted by Gasteiger charge is 2.32. The number of carboxylic acid groups (broad SMARTS) is 1. The number of nitrogens with one attached hydrogen (secondary N) is 1. The third kappa shape index (κ3) is 6.34. The zero-order chi connectivity index (χ0) is 29.6. The number of carboxylic acids is 1. The average Bonchev–Trinajstić information content (AvgIpc) is 3.34. The molecule has 0 bridgehead atoms. The Balaban J connectivity index is 2.20. The van der Waals surface area contributed by atoms with Gasteiger partial charge in [0, 0.05) is 30.1 Å². The van der Waals surface area contributed by atoms with Gasteiger partial charge in [-0.1, -0.05) is 18.6 Å². The zero-order valence-electron chi connectivity index (χ0n) is 23.0. The highest BCUT2D eigenvalue weighted by molar-refractivity contribution is 7.93. The van der Waals surface area contributed by atoms with E-state index in [9.17, 15) is 18.3 Å². The maximum atomic E-state index is 13.6. The van der Waals surface area contributed by atoms with E-state index in [4.69, 9.17) is 9.47 Å². The predicted octanol–water partition coefficient (Wildman–Crippen LogP) is 3.83. The van der Waals surface area contributed by atoms with Gasteiger partial charge in [0.25, 0.3) is 0 Å². The number of methoxy groups -OCH3 is 2. The first kappa shape index (κ1) is 30.0. The number of amidine groups is 1. The molecule has 0 spiro atoms. The fraction of sp³-hybridized carbons (Fsp3) is 0.308. The van der Waals surface area contributed by atoms with Crippen molar-refractivity contribution in [2.45, 2.75) is 32.9 Å². The van der Waals surface area contributed by atoms with E-state index in [1.165, 1.54) is 44.2 Å². The fourth-order valence-corrected chi connectivity index (χ4v) is 4.91. The summed E-state index contributed by atoms with van der Waals surface area (Å²) >= 11 is 0. The number of sulfonamides is 1. The molecule has 0 amide bonds. The first-order valence-corrected chi connectivity index (χ1v) is 13.5. The van der Waals surface area contributed by atoms with Crippen molar-refractivity contribution in [3.05, 3.63) is 54.0 Å². The molecule has 0 saturated carbocycles. The van der Waals surface area contributed by atoms with Crippen molar-refractivity contribution in [3.63, 3.8) is 0 Å². The van der Waals surface area contributed by atoms with Crippen LogP contribution >= 0.6 is 0 Å². The highest BCUT2D eigenvalue weighted by Crippen LogP contribution is 2.38. The summed E-state index contributed by atoms with van der Waals surface area (Å²) in [7, 11) is -1.24. The van der Waals surface area contributed by atoms with E-state index in [0.717, 1.165) is 5.57 Å². The highest BCUT2D eigenvalue weighted by atomic mass is 32.2. The molecule has 0 fully saturated rings. The Bertz CT molecular complexity index is 1550. The molecule has 0 saturated heterocycles. The average molecular weight is 570 g/mol. The van der Waals surface area contributed by atoms with Gasteiger partial charge in [0.05, 0.1) is 25.0 Å². The number of benzene rings is 1. The number of nitrogens with zero attached hydrogens (tertiary/aromatic N) is 6. The smallest absolute Gasteiger partial charge is 0.337 e. The molecule has 14 heteroatoms. The third-order valence-corrected chi connectivity index (χ3v) is 7.84. The molecule has 3 rings (SSSR count). The minimum Gasteiger partial charge on any atom is -0.494 e. The number of aromatic nitrogens is 4. The van der Waals surface area contributed by atoms with Crippen LogP contribution in [0, 0.1) is 5.92 Å². The van der Waals surface area contributed by atoms with Crippen LogP contribution in [-0.4, -0.2) is 71.3 Å². The molecule has 0 unspecified atom stereocenters. The van der Waals surface area contributed by atoms with Crippen LogP contribution in [0.15, 0.2) is 58.4 Å². The van der Waals surface area contributed by atoms with Crippen LogP contribution in [0.1, 0.15) is 38.1 Å². The van der Waals surface area contributed by atoms with Crippen LogP contribution in [0.3, 0.4) is 0 Å². The molecule has 2 aromatic heterocycles. The molecule has 2 N–H and O–H groups in total. The van der Waals surface area contributed by atoms with E-state index in [-0.39, 0.29) is 34.4 Å². The first-order valence-electron chi connectivity index (χ1n) is 12.0. The normalized spacial score (nSPS) is 13.2. The second kappa shape index (κ2) is 12.5. The minimum absolute atomic E-state index is 0.0929. The molecular formula is C26H31N7O6S. The summed E-state index contributed by atoms with van der Waals surface area (Å²) in [6.45, 7) is 10.4. The van der Waals surface area contributed by atoms with Gasteiger partial charge in [-0.15, -0.1) is 10.2 Å². The minimum atomic E-state index is -4.12. The van der Waals surface area contributed by atoms with E-state index >= 15 is 0 Å². The van der Waals surface area contributed by atoms with Gasteiger partial charge in [0.1, 0.15) is 23.0 Å². The van der Waals surface area contributed by atoms with Gasteiger partial charge < -0.3 is 14.6 Å². The number of carbonyl (C=O) groups is 1. The number of hydrogen-bond donors (Lipinski definition) is 2. The number of allylic oxidation sites excluding steroid dienone is 1. The van der Waals surface area contributed by atoms with Crippen molar-refractivity contribution in [1.29, 1.82) is 0 Å². The molecule has 0 aliphatic carbocycles. The van der Waals surface area contributed by atoms with Gasteiger partial charge in [-0.3, -0.25) is 14.3 Å². The standard InChI is InChI=1S/C26H31N7O6S/c1-15(2)12-29-23(27-5)16(3)17(4)40(36,37)32-26-31-30-24(18-11-19(25(34)35)14-28-13-18)33(26)22-20(38-6)9-8-10-21(22)39-7/h8-14,16-17H,5H2,1-4,6-7H3,(H,31,32)(H,34,35)/b29-23-/t16-,17-/m0/s1. The number of ether oxygens (including phenoxy) is 2. The van der Waals surface area contributed by atoms with Gasteiger partial charge in [0.15, 0.2) is 5.82 Å². The van der Waals surface area contributed by atoms with Crippen LogP contribution < -0.4 is 14.2 Å². The van der Waals surface area contributed by atoms with E-state index in [1.807, 2.05) is 13.8 Å². The molecule has 40 heavy (non-hydrogen) atoms. The Morgan fingerprint density at radius 3 is 2.35 bits per heavy atom. The lowest BCUT2D eigenvalue weighted by molar-refractivity contribution is 0.0696. The third-order valence-electron chi connectivity index (χ3n) is 5.98. The Morgan fingerprint density at radius 2 is 1.80 bits per heavy atom. The fourth-order valence-electron chi connectivity index (χ4n) is 3.68. The number of pyridine rings is 1. The zero-order valence-corrected chi connectivity index (χ0v) is 23.8. The van der Waals surface area contributed by atoms with Crippen LogP contribution in [-0.2, 0) is 10.0 Å². The van der Waals surface area contributed by atoms with Crippen LogP contribution in [0.4, 0.5) is 5.95 Å². The SMILES string of the molecule is C=N/C(=N\C=C(C)C)[C@@H](C)[C@H](C)S(=O)(=O)Nc1nnc(-c2cncc(C(=O)O)c2)n1-c1c(OC)cccc1OC. The Labute approximate surface area is 232 Å². The quantitative estimate of drug-likeness (QED) is 0.257. The van der Waals surface area contributed by atoms with Crippen molar-refractivity contribution in [2.24, 2.45) is 15.9 Å². The number of para-hydroxylation sites is 1. The van der Waals surface area contributed by atoms with Crippen LogP contribution in [0.2, 0.25) is 0 Å². The van der Waals surface area contributed by atoms with E-state index in [0.29, 0.717) is 11.5 Å². The second-order valence-electron chi connectivity index (χ2n) is 8.95. The molecule has 1 aromatic carbocycles. The Hall–Kier alpha value is -4.59. The van der Waals surface area contributed by atoms with E-state index in [2.05, 4.69) is 36.6 Å². The lowest BCUT2D eigenvalue weighted by atomic mass is 10.1. The molecule has 0 aliphatic heterocycles. The predicted molar refractivity (Wildman–Crippen MR) is 152 cm³/mol. The molecule has 3 aromatic rings. The maximum absolute atomic E-state index is 13.6. The Morgan fingerprint density at radius 1 is 1.15 bits per heavy atom. The number of rotatable bonds is 11. The first-order chi connectivity index (χ1) is 18.9. The summed E-state index contributed by atoms with van der Waals surface area (Å²) in [6, 6.07) is 6.35. The topological polar surface area (TPSA) is 170 Å². The largest absolute Gasteiger partial charge is 0.494 e. The lowest BCUT2D eigenvalue weighted by Gasteiger charge is -2.21. The summed E-state index contributed by atoms with van der Waals surface area (Å²) in [5.41, 5.74) is 1.36. The van der Waals surface area contributed by atoms with Crippen LogP contribution in [0.5, 0.6) is 11.5 Å². The molecular weight excluding hydrogens is 538 g/mol. The molecule has 212 valence electrons. The molecule has 2 heterocycles. The number of aliphatic imine (C=N–C) groups is 2. The van der Waals surface area contributed by atoms with Crippen molar-refractivity contribution in [1.82, 2.24) is 19.7 Å². The summed E-state index contributed by atoms with van der Waals surface area (Å²) in [6.07, 6.45) is 4.16.